The van der Waals surface area contributed by atoms with Crippen LogP contribution in [0.3, 0.4) is 0 Å². The molecule has 0 radical (unpaired) electrons. The third-order valence-electron chi connectivity index (χ3n) is 2.73. The van der Waals surface area contributed by atoms with Crippen molar-refractivity contribution in [2.45, 2.75) is 25.9 Å². The minimum Gasteiger partial charge on any atom is -0.396 e. The number of carbonyl (C=O) groups excluding carboxylic acids is 2. The maximum Gasteiger partial charge on any atom is 0.246 e. The second kappa shape index (κ2) is 16.2. The largest absolute Gasteiger partial charge is 0.396 e. The molecule has 0 saturated carbocycles. The first kappa shape index (κ1) is 22.3. The molecular weight excluding hydrogens is 318 g/mol. The fourth-order valence-corrected chi connectivity index (χ4v) is 1.61. The molecule has 0 aliphatic heterocycles. The van der Waals surface area contributed by atoms with Crippen molar-refractivity contribution in [1.82, 2.24) is 10.6 Å². The Morgan fingerprint density at radius 3 is 2.46 bits per heavy atom. The lowest BCUT2D eigenvalue weighted by Gasteiger charge is -2.15. The first-order valence-corrected chi connectivity index (χ1v) is 7.84. The smallest absolute Gasteiger partial charge is 0.246 e. The highest BCUT2D eigenvalue weighted by atomic mass is 16.6. The SMILES string of the molecule is COCC(COC)OCC(=O)NCCCCO/N=C/CNC(C)=O. The van der Waals surface area contributed by atoms with Crippen molar-refractivity contribution in [3.05, 3.63) is 0 Å². The topological polar surface area (TPSA) is 107 Å². The zero-order valence-corrected chi connectivity index (χ0v) is 14.7. The third-order valence-corrected chi connectivity index (χ3v) is 2.73. The second-order valence-electron chi connectivity index (χ2n) is 4.96. The van der Waals surface area contributed by atoms with Crippen molar-refractivity contribution in [2.75, 3.05) is 53.7 Å². The number of amides is 2. The highest BCUT2D eigenvalue weighted by molar-refractivity contribution is 5.77. The number of rotatable bonds is 15. The average Bonchev–Trinajstić information content (AvgIpc) is 2.54. The van der Waals surface area contributed by atoms with Gasteiger partial charge in [0.15, 0.2) is 0 Å². The highest BCUT2D eigenvalue weighted by Gasteiger charge is 2.10. The molecule has 0 bridgehead atoms. The van der Waals surface area contributed by atoms with Crippen LogP contribution < -0.4 is 10.6 Å². The Hall–Kier alpha value is -1.71. The molecule has 9 heteroatoms. The van der Waals surface area contributed by atoms with Crippen LogP contribution in [0.1, 0.15) is 19.8 Å². The first-order chi connectivity index (χ1) is 11.6. The van der Waals surface area contributed by atoms with E-state index in [1.165, 1.54) is 13.1 Å². The van der Waals surface area contributed by atoms with Crippen LogP contribution in [0, 0.1) is 0 Å². The molecular formula is C15H29N3O6. The number of hydrogen-bond acceptors (Lipinski definition) is 7. The van der Waals surface area contributed by atoms with Crippen molar-refractivity contribution in [3.63, 3.8) is 0 Å². The van der Waals surface area contributed by atoms with Crippen LogP contribution in [0.15, 0.2) is 5.16 Å². The summed E-state index contributed by atoms with van der Waals surface area (Å²) in [4.78, 5) is 27.2. The standard InChI is InChI=1S/C15H29N3O6/c1-13(19)16-7-8-18-24-9-5-4-6-17-15(20)12-23-14(10-21-2)11-22-3/h8,14H,4-7,9-12H2,1-3H3,(H,16,19)(H,17,20)/b18-8+. The Bertz CT molecular complexity index is 359. The van der Waals surface area contributed by atoms with Gasteiger partial charge in [-0.3, -0.25) is 9.59 Å². The van der Waals surface area contributed by atoms with Crippen LogP contribution in [-0.4, -0.2) is 77.9 Å². The molecule has 0 atom stereocenters. The fourth-order valence-electron chi connectivity index (χ4n) is 1.61. The molecule has 2 N–H and O–H groups in total. The zero-order valence-electron chi connectivity index (χ0n) is 14.7. The molecule has 0 rings (SSSR count). The van der Waals surface area contributed by atoms with E-state index in [2.05, 4.69) is 15.8 Å². The normalized spacial score (nSPS) is 11.0. The van der Waals surface area contributed by atoms with Gasteiger partial charge in [0.05, 0.1) is 26.0 Å². The van der Waals surface area contributed by atoms with E-state index in [4.69, 9.17) is 19.0 Å². The maximum atomic E-state index is 11.6. The molecule has 0 aromatic rings. The van der Waals surface area contributed by atoms with Gasteiger partial charge >= 0.3 is 0 Å². The van der Waals surface area contributed by atoms with Gasteiger partial charge in [-0.2, -0.15) is 0 Å². The summed E-state index contributed by atoms with van der Waals surface area (Å²) in [5, 5.41) is 9.01. The number of carbonyl (C=O) groups is 2. The molecule has 0 aliphatic rings. The monoisotopic (exact) mass is 347 g/mol. The molecule has 0 heterocycles. The summed E-state index contributed by atoms with van der Waals surface area (Å²) in [6, 6.07) is 0. The fraction of sp³-hybridized carbons (Fsp3) is 0.800. The lowest BCUT2D eigenvalue weighted by Crippen LogP contribution is -2.33. The molecule has 0 saturated heterocycles. The number of hydrogen-bond donors (Lipinski definition) is 2. The Morgan fingerprint density at radius 2 is 1.83 bits per heavy atom. The Kier molecular flexibility index (Phi) is 15.0. The number of ether oxygens (including phenoxy) is 3. The van der Waals surface area contributed by atoms with Crippen LogP contribution in [0.4, 0.5) is 0 Å². The lowest BCUT2D eigenvalue weighted by atomic mass is 10.3. The zero-order chi connectivity index (χ0) is 18.0. The van der Waals surface area contributed by atoms with Crippen LogP contribution >= 0.6 is 0 Å². The minimum absolute atomic E-state index is 0.0265. The number of nitrogens with zero attached hydrogens (tertiary/aromatic N) is 1. The number of methoxy groups -OCH3 is 2. The highest BCUT2D eigenvalue weighted by Crippen LogP contribution is 1.94. The molecule has 9 nitrogen and oxygen atoms in total. The molecule has 0 spiro atoms. The van der Waals surface area contributed by atoms with Gasteiger partial charge in [-0.25, -0.2) is 0 Å². The summed E-state index contributed by atoms with van der Waals surface area (Å²) in [5.74, 6) is -0.293. The van der Waals surface area contributed by atoms with E-state index in [9.17, 15) is 9.59 Å². The van der Waals surface area contributed by atoms with Gasteiger partial charge in [0.2, 0.25) is 11.8 Å². The first-order valence-electron chi connectivity index (χ1n) is 7.84. The summed E-state index contributed by atoms with van der Waals surface area (Å²) >= 11 is 0. The van der Waals surface area contributed by atoms with Gasteiger partial charge in [0.25, 0.3) is 0 Å². The van der Waals surface area contributed by atoms with Crippen molar-refractivity contribution in [1.29, 1.82) is 0 Å². The quantitative estimate of drug-likeness (QED) is 0.239. The van der Waals surface area contributed by atoms with Crippen LogP contribution in [0.2, 0.25) is 0 Å². The van der Waals surface area contributed by atoms with Gasteiger partial charge < -0.3 is 29.7 Å². The average molecular weight is 347 g/mol. The van der Waals surface area contributed by atoms with Gasteiger partial charge in [0.1, 0.15) is 19.3 Å². The van der Waals surface area contributed by atoms with Gasteiger partial charge in [-0.15, -0.1) is 0 Å². The van der Waals surface area contributed by atoms with E-state index >= 15 is 0 Å². The Balaban J connectivity index is 3.50. The molecule has 0 fully saturated rings. The summed E-state index contributed by atoms with van der Waals surface area (Å²) in [6.45, 7) is 3.50. The third kappa shape index (κ3) is 15.2. The number of nitrogens with one attached hydrogen (secondary N) is 2. The summed E-state index contributed by atoms with van der Waals surface area (Å²) in [5.41, 5.74) is 0. The molecule has 0 aromatic heterocycles. The Labute approximate surface area is 143 Å². The van der Waals surface area contributed by atoms with E-state index in [0.29, 0.717) is 32.9 Å². The number of unbranched alkanes of at least 4 members (excludes halogenated alkanes) is 1. The van der Waals surface area contributed by atoms with Crippen molar-refractivity contribution in [2.24, 2.45) is 5.16 Å². The van der Waals surface area contributed by atoms with Crippen molar-refractivity contribution >= 4 is 18.0 Å². The van der Waals surface area contributed by atoms with E-state index in [1.54, 1.807) is 14.2 Å². The van der Waals surface area contributed by atoms with Gasteiger partial charge in [0, 0.05) is 27.7 Å². The predicted molar refractivity (Wildman–Crippen MR) is 88.9 cm³/mol. The van der Waals surface area contributed by atoms with E-state index in [1.807, 2.05) is 0 Å². The predicted octanol–water partition coefficient (Wildman–Crippen LogP) is -0.301. The Morgan fingerprint density at radius 1 is 1.12 bits per heavy atom. The van der Waals surface area contributed by atoms with Crippen LogP contribution in [0.25, 0.3) is 0 Å². The summed E-state index contributed by atoms with van der Waals surface area (Å²) in [6.07, 6.45) is 2.76. The maximum absolute atomic E-state index is 11.6. The second-order valence-corrected chi connectivity index (χ2v) is 4.96. The van der Waals surface area contributed by atoms with Crippen LogP contribution in [0.5, 0.6) is 0 Å². The number of oxime groups is 1. The van der Waals surface area contributed by atoms with E-state index < -0.39 is 0 Å². The van der Waals surface area contributed by atoms with Crippen molar-refractivity contribution in [3.8, 4) is 0 Å². The molecule has 0 aliphatic carbocycles. The van der Waals surface area contributed by atoms with Crippen molar-refractivity contribution < 1.29 is 28.6 Å². The summed E-state index contributed by atoms with van der Waals surface area (Å²) < 4.78 is 15.4. The lowest BCUT2D eigenvalue weighted by molar-refractivity contribution is -0.130. The van der Waals surface area contributed by atoms with Gasteiger partial charge in [-0.05, 0) is 12.8 Å². The molecule has 2 amide bonds. The minimum atomic E-state index is -0.255. The van der Waals surface area contributed by atoms with E-state index in [0.717, 1.165) is 12.8 Å². The van der Waals surface area contributed by atoms with E-state index in [-0.39, 0.29) is 24.5 Å². The van der Waals surface area contributed by atoms with Crippen LogP contribution in [-0.2, 0) is 28.6 Å². The summed E-state index contributed by atoms with van der Waals surface area (Å²) in [7, 11) is 3.14. The molecule has 24 heavy (non-hydrogen) atoms. The molecule has 0 unspecified atom stereocenters. The molecule has 140 valence electrons. The molecule has 0 aromatic carbocycles. The van der Waals surface area contributed by atoms with Gasteiger partial charge in [-0.1, -0.05) is 5.16 Å².